The van der Waals surface area contributed by atoms with E-state index in [-0.39, 0.29) is 17.7 Å². The maximum absolute atomic E-state index is 11.2. The molecule has 10 heavy (non-hydrogen) atoms. The Labute approximate surface area is 65.5 Å². The van der Waals surface area contributed by atoms with Crippen molar-refractivity contribution in [3.05, 3.63) is 0 Å². The van der Waals surface area contributed by atoms with Gasteiger partial charge in [-0.1, -0.05) is 6.92 Å². The van der Waals surface area contributed by atoms with E-state index in [4.69, 9.17) is 5.73 Å². The zero-order valence-corrected chi connectivity index (χ0v) is 7.04. The van der Waals surface area contributed by atoms with Crippen molar-refractivity contribution in [1.82, 2.24) is 0 Å². The SMILES string of the molecule is CC1(C(=O)CN)CCSC1. The van der Waals surface area contributed by atoms with Crippen LogP contribution in [0, 0.1) is 5.41 Å². The largest absolute Gasteiger partial charge is 0.324 e. The molecule has 1 heterocycles. The molecule has 1 aliphatic heterocycles. The van der Waals surface area contributed by atoms with Gasteiger partial charge in [-0.25, -0.2) is 0 Å². The smallest absolute Gasteiger partial charge is 0.153 e. The fraction of sp³-hybridized carbons (Fsp3) is 0.857. The van der Waals surface area contributed by atoms with Crippen LogP contribution in [0.1, 0.15) is 13.3 Å². The Hall–Kier alpha value is -0.0200. The lowest BCUT2D eigenvalue weighted by Gasteiger charge is -2.18. The van der Waals surface area contributed by atoms with Crippen LogP contribution in [0.5, 0.6) is 0 Å². The molecular formula is C7H13NOS. The molecule has 3 heteroatoms. The molecule has 0 aliphatic carbocycles. The third kappa shape index (κ3) is 1.35. The predicted octanol–water partition coefficient (Wildman–Crippen LogP) is 0.657. The van der Waals surface area contributed by atoms with Crippen LogP contribution in [0.25, 0.3) is 0 Å². The molecular weight excluding hydrogens is 146 g/mol. The average Bonchev–Trinajstić information content (AvgIpc) is 2.36. The van der Waals surface area contributed by atoms with E-state index in [1.807, 2.05) is 18.7 Å². The summed E-state index contributed by atoms with van der Waals surface area (Å²) >= 11 is 1.85. The molecule has 58 valence electrons. The highest BCUT2D eigenvalue weighted by Crippen LogP contribution is 2.35. The summed E-state index contributed by atoms with van der Waals surface area (Å²) in [5.74, 6) is 2.29. The zero-order valence-electron chi connectivity index (χ0n) is 6.22. The topological polar surface area (TPSA) is 43.1 Å². The van der Waals surface area contributed by atoms with E-state index in [1.165, 1.54) is 0 Å². The number of thioether (sulfide) groups is 1. The number of hydrogen-bond donors (Lipinski definition) is 1. The molecule has 0 bridgehead atoms. The Kier molecular flexibility index (Phi) is 2.36. The van der Waals surface area contributed by atoms with Crippen LogP contribution in [0.2, 0.25) is 0 Å². The summed E-state index contributed by atoms with van der Waals surface area (Å²) in [5, 5.41) is 0. The molecule has 1 fully saturated rings. The van der Waals surface area contributed by atoms with E-state index >= 15 is 0 Å². The highest BCUT2D eigenvalue weighted by Gasteiger charge is 2.35. The molecule has 0 amide bonds. The Morgan fingerprint density at radius 2 is 2.50 bits per heavy atom. The van der Waals surface area contributed by atoms with E-state index in [1.54, 1.807) is 0 Å². The van der Waals surface area contributed by atoms with Crippen LogP contribution >= 0.6 is 11.8 Å². The zero-order chi connectivity index (χ0) is 7.61. The third-order valence-electron chi connectivity index (χ3n) is 2.08. The monoisotopic (exact) mass is 159 g/mol. The lowest BCUT2D eigenvalue weighted by molar-refractivity contribution is -0.125. The molecule has 1 rings (SSSR count). The van der Waals surface area contributed by atoms with Gasteiger partial charge in [0.05, 0.1) is 6.54 Å². The van der Waals surface area contributed by atoms with Gasteiger partial charge in [0.15, 0.2) is 5.78 Å². The fourth-order valence-corrected chi connectivity index (χ4v) is 2.63. The van der Waals surface area contributed by atoms with Crippen molar-refractivity contribution in [3.8, 4) is 0 Å². The van der Waals surface area contributed by atoms with Crippen LogP contribution in [-0.2, 0) is 4.79 Å². The van der Waals surface area contributed by atoms with Crippen molar-refractivity contribution in [2.24, 2.45) is 11.1 Å². The summed E-state index contributed by atoms with van der Waals surface area (Å²) in [7, 11) is 0. The Bertz CT molecular complexity index is 141. The van der Waals surface area contributed by atoms with Gasteiger partial charge in [0.1, 0.15) is 0 Å². The summed E-state index contributed by atoms with van der Waals surface area (Å²) in [5.41, 5.74) is 5.18. The van der Waals surface area contributed by atoms with Crippen LogP contribution in [0.3, 0.4) is 0 Å². The number of carbonyl (C=O) groups is 1. The van der Waals surface area contributed by atoms with Gasteiger partial charge < -0.3 is 5.73 Å². The maximum atomic E-state index is 11.2. The summed E-state index contributed by atoms with van der Waals surface area (Å²) in [6.45, 7) is 2.22. The summed E-state index contributed by atoms with van der Waals surface area (Å²) in [6.07, 6.45) is 1.01. The molecule has 0 aromatic carbocycles. The van der Waals surface area contributed by atoms with Gasteiger partial charge in [0.25, 0.3) is 0 Å². The number of rotatable bonds is 2. The quantitative estimate of drug-likeness (QED) is 0.643. The predicted molar refractivity (Wildman–Crippen MR) is 44.1 cm³/mol. The standard InChI is InChI=1S/C7H13NOS/c1-7(6(9)4-8)2-3-10-5-7/h2-5,8H2,1H3. The second-order valence-corrected chi connectivity index (χ2v) is 4.10. The van der Waals surface area contributed by atoms with Gasteiger partial charge in [0, 0.05) is 11.2 Å². The number of hydrogen-bond acceptors (Lipinski definition) is 3. The molecule has 1 saturated heterocycles. The first-order chi connectivity index (χ1) is 4.69. The van der Waals surface area contributed by atoms with Crippen LogP contribution in [-0.4, -0.2) is 23.8 Å². The fourth-order valence-electron chi connectivity index (χ4n) is 1.13. The molecule has 1 aliphatic rings. The highest BCUT2D eigenvalue weighted by molar-refractivity contribution is 7.99. The summed E-state index contributed by atoms with van der Waals surface area (Å²) < 4.78 is 0. The minimum Gasteiger partial charge on any atom is -0.324 e. The molecule has 2 N–H and O–H groups in total. The lowest BCUT2D eigenvalue weighted by atomic mass is 9.85. The molecule has 1 atom stereocenters. The number of carbonyl (C=O) groups excluding carboxylic acids is 1. The van der Waals surface area contributed by atoms with Gasteiger partial charge in [0.2, 0.25) is 0 Å². The van der Waals surface area contributed by atoms with E-state index < -0.39 is 0 Å². The molecule has 0 aromatic rings. The number of ketones is 1. The Balaban J connectivity index is 2.58. The minimum absolute atomic E-state index is 0.0978. The van der Waals surface area contributed by atoms with Crippen LogP contribution < -0.4 is 5.73 Å². The molecule has 0 saturated carbocycles. The normalized spacial score (nSPS) is 32.6. The molecule has 1 unspecified atom stereocenters. The van der Waals surface area contributed by atoms with E-state index in [2.05, 4.69) is 0 Å². The average molecular weight is 159 g/mol. The van der Waals surface area contributed by atoms with Crippen molar-refractivity contribution >= 4 is 17.5 Å². The highest BCUT2D eigenvalue weighted by atomic mass is 32.2. The van der Waals surface area contributed by atoms with E-state index in [0.29, 0.717) is 0 Å². The van der Waals surface area contributed by atoms with Gasteiger partial charge in [-0.05, 0) is 12.2 Å². The first kappa shape index (κ1) is 8.08. The Morgan fingerprint density at radius 1 is 1.80 bits per heavy atom. The first-order valence-corrected chi connectivity index (χ1v) is 4.66. The van der Waals surface area contributed by atoms with Gasteiger partial charge in [-0.15, -0.1) is 0 Å². The molecule has 2 nitrogen and oxygen atoms in total. The van der Waals surface area contributed by atoms with Gasteiger partial charge in [-0.2, -0.15) is 11.8 Å². The molecule has 0 radical (unpaired) electrons. The number of Topliss-reactive ketones (excluding diaryl/α,β-unsaturated/α-hetero) is 1. The second kappa shape index (κ2) is 2.93. The molecule has 0 spiro atoms. The van der Waals surface area contributed by atoms with Crippen molar-refractivity contribution in [1.29, 1.82) is 0 Å². The summed E-state index contributed by atoms with van der Waals surface area (Å²) in [6, 6.07) is 0. The van der Waals surface area contributed by atoms with Crippen molar-refractivity contribution in [2.75, 3.05) is 18.1 Å². The maximum Gasteiger partial charge on any atom is 0.153 e. The van der Waals surface area contributed by atoms with Crippen molar-refractivity contribution in [3.63, 3.8) is 0 Å². The van der Waals surface area contributed by atoms with Crippen LogP contribution in [0.4, 0.5) is 0 Å². The first-order valence-electron chi connectivity index (χ1n) is 3.50. The minimum atomic E-state index is -0.0978. The third-order valence-corrected chi connectivity index (χ3v) is 3.41. The summed E-state index contributed by atoms with van der Waals surface area (Å²) in [4.78, 5) is 11.2. The second-order valence-electron chi connectivity index (χ2n) is 2.99. The van der Waals surface area contributed by atoms with E-state index in [0.717, 1.165) is 17.9 Å². The van der Waals surface area contributed by atoms with E-state index in [9.17, 15) is 4.79 Å². The number of nitrogens with two attached hydrogens (primary N) is 1. The van der Waals surface area contributed by atoms with Crippen molar-refractivity contribution in [2.45, 2.75) is 13.3 Å². The van der Waals surface area contributed by atoms with Gasteiger partial charge >= 0.3 is 0 Å². The lowest BCUT2D eigenvalue weighted by Crippen LogP contribution is -2.33. The molecule has 0 aromatic heterocycles. The van der Waals surface area contributed by atoms with Crippen LogP contribution in [0.15, 0.2) is 0 Å². The Morgan fingerprint density at radius 3 is 2.90 bits per heavy atom. The van der Waals surface area contributed by atoms with Gasteiger partial charge in [-0.3, -0.25) is 4.79 Å². The van der Waals surface area contributed by atoms with Crippen molar-refractivity contribution < 1.29 is 4.79 Å².